The van der Waals surface area contributed by atoms with Crippen LogP contribution in [0.3, 0.4) is 0 Å². The summed E-state index contributed by atoms with van der Waals surface area (Å²) in [5.74, 6) is -0.724. The van der Waals surface area contributed by atoms with E-state index in [4.69, 9.17) is 21.1 Å². The molecule has 3 aromatic rings. The highest BCUT2D eigenvalue weighted by Gasteiger charge is 2.23. The number of H-pyrrole nitrogens is 1. The number of fused-ring (bicyclic) bond motifs is 1. The molecule has 0 aliphatic carbocycles. The number of nitrogens with zero attached hydrogens (tertiary/aromatic N) is 1. The molecule has 1 amide bonds. The van der Waals surface area contributed by atoms with Crippen molar-refractivity contribution in [3.63, 3.8) is 0 Å². The number of benzene rings is 1. The van der Waals surface area contributed by atoms with Gasteiger partial charge in [0.2, 0.25) is 5.91 Å². The summed E-state index contributed by atoms with van der Waals surface area (Å²) in [6.45, 7) is 0.988. The summed E-state index contributed by atoms with van der Waals surface area (Å²) in [5, 5.41) is 4.23. The summed E-state index contributed by atoms with van der Waals surface area (Å²) in [4.78, 5) is 19.3. The molecule has 0 unspecified atom stereocenters. The third-order valence-electron chi connectivity index (χ3n) is 4.75. The average Bonchev–Trinajstić information content (AvgIpc) is 3.35. The standard InChI is InChI=1S/C20H19ClFN3O3/c1-27-17-5-4-15(25-19(17)22)13-9-16-11(8-14(13)21)7-12(24-16)10-23-20(26)18-3-2-6-28-18/h4-5,7-9,18,24H,2-3,6,10H2,1H3,(H,23,26)/t18-/m0/s1. The van der Waals surface area contributed by atoms with Crippen LogP contribution in [-0.2, 0) is 16.1 Å². The SMILES string of the molecule is COc1ccc(-c2cc3[nH]c(CNC(=O)[C@@H]4CCCO4)cc3cc2Cl)nc1F. The topological polar surface area (TPSA) is 76.2 Å². The maximum atomic E-state index is 14.0. The predicted octanol–water partition coefficient (Wildman–Crippen LogP) is 3.83. The summed E-state index contributed by atoms with van der Waals surface area (Å²) in [5.41, 5.74) is 2.67. The van der Waals surface area contributed by atoms with E-state index in [0.29, 0.717) is 29.4 Å². The minimum absolute atomic E-state index is 0.0742. The van der Waals surface area contributed by atoms with Crippen molar-refractivity contribution in [2.24, 2.45) is 0 Å². The van der Waals surface area contributed by atoms with Gasteiger partial charge < -0.3 is 19.8 Å². The van der Waals surface area contributed by atoms with Crippen molar-refractivity contribution in [2.75, 3.05) is 13.7 Å². The first-order valence-electron chi connectivity index (χ1n) is 8.96. The monoisotopic (exact) mass is 403 g/mol. The molecule has 6 nitrogen and oxygen atoms in total. The highest BCUT2D eigenvalue weighted by molar-refractivity contribution is 6.34. The molecule has 4 rings (SSSR count). The highest BCUT2D eigenvalue weighted by atomic mass is 35.5. The molecule has 1 aliphatic heterocycles. The van der Waals surface area contributed by atoms with Crippen LogP contribution in [-0.4, -0.2) is 35.7 Å². The molecule has 1 saturated heterocycles. The van der Waals surface area contributed by atoms with Crippen molar-refractivity contribution in [1.82, 2.24) is 15.3 Å². The molecule has 0 radical (unpaired) electrons. The smallest absolute Gasteiger partial charge is 0.255 e. The number of aromatic amines is 1. The first kappa shape index (κ1) is 18.7. The average molecular weight is 404 g/mol. The van der Waals surface area contributed by atoms with Crippen molar-refractivity contribution in [2.45, 2.75) is 25.5 Å². The Balaban J connectivity index is 1.56. The van der Waals surface area contributed by atoms with Crippen molar-refractivity contribution in [1.29, 1.82) is 0 Å². The van der Waals surface area contributed by atoms with Crippen molar-refractivity contribution >= 4 is 28.4 Å². The Labute approximate surface area is 166 Å². The number of methoxy groups -OCH3 is 1. The van der Waals surface area contributed by atoms with Crippen LogP contribution in [0.1, 0.15) is 18.5 Å². The number of amides is 1. The maximum Gasteiger partial charge on any atom is 0.255 e. The molecule has 1 aliphatic rings. The molecular formula is C20H19ClFN3O3. The van der Waals surface area contributed by atoms with E-state index in [1.807, 2.05) is 12.1 Å². The second kappa shape index (κ2) is 7.77. The zero-order valence-electron chi connectivity index (χ0n) is 15.2. The van der Waals surface area contributed by atoms with E-state index in [-0.39, 0.29) is 17.8 Å². The third kappa shape index (κ3) is 3.68. The minimum atomic E-state index is -0.694. The van der Waals surface area contributed by atoms with Crippen molar-refractivity contribution < 1.29 is 18.7 Å². The van der Waals surface area contributed by atoms with E-state index in [2.05, 4.69) is 15.3 Å². The Morgan fingerprint density at radius 1 is 1.43 bits per heavy atom. The van der Waals surface area contributed by atoms with Gasteiger partial charge in [0.15, 0.2) is 5.75 Å². The van der Waals surface area contributed by atoms with Gasteiger partial charge in [-0.1, -0.05) is 11.6 Å². The zero-order chi connectivity index (χ0) is 19.7. The Morgan fingerprint density at radius 3 is 3.00 bits per heavy atom. The number of ether oxygens (including phenoxy) is 2. The molecule has 1 atom stereocenters. The molecule has 1 fully saturated rings. The van der Waals surface area contributed by atoms with Crippen LogP contribution >= 0.6 is 11.6 Å². The summed E-state index contributed by atoms with van der Waals surface area (Å²) in [7, 11) is 1.39. The quantitative estimate of drug-likeness (QED) is 0.635. The lowest BCUT2D eigenvalue weighted by Crippen LogP contribution is -2.33. The van der Waals surface area contributed by atoms with Crippen LogP contribution in [0.5, 0.6) is 5.75 Å². The molecule has 28 heavy (non-hydrogen) atoms. The molecule has 3 heterocycles. The van der Waals surface area contributed by atoms with Crippen molar-refractivity contribution in [3.8, 4) is 17.0 Å². The molecule has 2 N–H and O–H groups in total. The van der Waals surface area contributed by atoms with E-state index in [0.717, 1.165) is 29.4 Å². The Bertz CT molecular complexity index is 1030. The summed E-state index contributed by atoms with van der Waals surface area (Å²) in [6, 6.07) is 8.69. The number of nitrogens with one attached hydrogen (secondary N) is 2. The highest BCUT2D eigenvalue weighted by Crippen LogP contribution is 2.32. The second-order valence-corrected chi connectivity index (χ2v) is 7.03. The first-order chi connectivity index (χ1) is 13.5. The fraction of sp³-hybridized carbons (Fsp3) is 0.300. The van der Waals surface area contributed by atoms with E-state index in [1.54, 1.807) is 12.1 Å². The van der Waals surface area contributed by atoms with Crippen LogP contribution in [0.4, 0.5) is 4.39 Å². The van der Waals surface area contributed by atoms with E-state index < -0.39 is 5.95 Å². The lowest BCUT2D eigenvalue weighted by atomic mass is 10.1. The molecule has 0 spiro atoms. The molecule has 146 valence electrons. The van der Waals surface area contributed by atoms with Gasteiger partial charge in [0.05, 0.1) is 24.4 Å². The molecular weight excluding hydrogens is 385 g/mol. The fourth-order valence-electron chi connectivity index (χ4n) is 3.31. The molecule has 0 bridgehead atoms. The number of aromatic nitrogens is 2. The lowest BCUT2D eigenvalue weighted by Gasteiger charge is -2.09. The molecule has 8 heteroatoms. The molecule has 0 saturated carbocycles. The number of carbonyl (C=O) groups excluding carboxylic acids is 1. The van der Waals surface area contributed by atoms with E-state index in [1.165, 1.54) is 13.2 Å². The van der Waals surface area contributed by atoms with Gasteiger partial charge in [0.25, 0.3) is 5.95 Å². The van der Waals surface area contributed by atoms with Gasteiger partial charge in [0.1, 0.15) is 6.10 Å². The van der Waals surface area contributed by atoms with Crippen LogP contribution in [0, 0.1) is 5.95 Å². The fourth-order valence-corrected chi connectivity index (χ4v) is 3.58. The summed E-state index contributed by atoms with van der Waals surface area (Å²) < 4.78 is 24.2. The minimum Gasteiger partial charge on any atom is -0.492 e. The van der Waals surface area contributed by atoms with Crippen LogP contribution in [0.25, 0.3) is 22.2 Å². The number of hydrogen-bond acceptors (Lipinski definition) is 4. The summed E-state index contributed by atoms with van der Waals surface area (Å²) in [6.07, 6.45) is 1.30. The Kier molecular flexibility index (Phi) is 5.19. The predicted molar refractivity (Wildman–Crippen MR) is 104 cm³/mol. The van der Waals surface area contributed by atoms with E-state index >= 15 is 0 Å². The van der Waals surface area contributed by atoms with Gasteiger partial charge in [-0.3, -0.25) is 4.79 Å². The summed E-state index contributed by atoms with van der Waals surface area (Å²) >= 11 is 6.39. The van der Waals surface area contributed by atoms with Gasteiger partial charge >= 0.3 is 0 Å². The largest absolute Gasteiger partial charge is 0.492 e. The van der Waals surface area contributed by atoms with Crippen LogP contribution < -0.4 is 10.1 Å². The number of halogens is 2. The van der Waals surface area contributed by atoms with Crippen LogP contribution in [0.2, 0.25) is 5.02 Å². The number of rotatable bonds is 5. The van der Waals surface area contributed by atoms with E-state index in [9.17, 15) is 9.18 Å². The Hall–Kier alpha value is -2.64. The normalized spacial score (nSPS) is 16.5. The van der Waals surface area contributed by atoms with Gasteiger partial charge in [-0.2, -0.15) is 4.39 Å². The maximum absolute atomic E-state index is 14.0. The van der Waals surface area contributed by atoms with Crippen molar-refractivity contribution in [3.05, 3.63) is 47.0 Å². The second-order valence-electron chi connectivity index (χ2n) is 6.62. The van der Waals surface area contributed by atoms with Gasteiger partial charge in [0, 0.05) is 28.8 Å². The van der Waals surface area contributed by atoms with Gasteiger partial charge in [-0.15, -0.1) is 0 Å². The number of pyridine rings is 1. The molecule has 1 aromatic carbocycles. The first-order valence-corrected chi connectivity index (χ1v) is 9.34. The van der Waals surface area contributed by atoms with Gasteiger partial charge in [-0.25, -0.2) is 4.98 Å². The molecule has 2 aromatic heterocycles. The number of hydrogen-bond donors (Lipinski definition) is 2. The lowest BCUT2D eigenvalue weighted by molar-refractivity contribution is -0.130. The third-order valence-corrected chi connectivity index (χ3v) is 5.06. The van der Waals surface area contributed by atoms with Crippen LogP contribution in [0.15, 0.2) is 30.3 Å². The number of carbonyl (C=O) groups is 1. The zero-order valence-corrected chi connectivity index (χ0v) is 16.0. The Morgan fingerprint density at radius 2 is 2.29 bits per heavy atom. The van der Waals surface area contributed by atoms with Gasteiger partial charge in [-0.05, 0) is 43.2 Å².